The Labute approximate surface area is 129 Å². The van der Waals surface area contributed by atoms with Crippen molar-refractivity contribution >= 4 is 5.91 Å². The van der Waals surface area contributed by atoms with Gasteiger partial charge in [0.1, 0.15) is 0 Å². The summed E-state index contributed by atoms with van der Waals surface area (Å²) in [4.78, 5) is 15.3. The molecule has 3 saturated heterocycles. The summed E-state index contributed by atoms with van der Waals surface area (Å²) >= 11 is 0. The highest BCUT2D eigenvalue weighted by Crippen LogP contribution is 2.37. The standard InChI is InChI=1S/C17H31N3O/c1-3-17(6-8-18-9-7-17)16(21)19-12-13-10-14-4-5-15(11-13)20(14)2/h13-15,18H,3-12H2,1-2H3,(H,19,21). The van der Waals surface area contributed by atoms with Crippen LogP contribution in [0, 0.1) is 11.3 Å². The Hall–Kier alpha value is -0.610. The van der Waals surface area contributed by atoms with Gasteiger partial charge >= 0.3 is 0 Å². The fourth-order valence-corrected chi connectivity index (χ4v) is 4.76. The quantitative estimate of drug-likeness (QED) is 0.830. The van der Waals surface area contributed by atoms with Crippen LogP contribution in [0.2, 0.25) is 0 Å². The molecule has 0 spiro atoms. The van der Waals surface area contributed by atoms with E-state index in [0.717, 1.165) is 51.0 Å². The topological polar surface area (TPSA) is 44.4 Å². The van der Waals surface area contributed by atoms with Crippen molar-refractivity contribution in [1.29, 1.82) is 0 Å². The molecule has 3 heterocycles. The molecule has 0 aromatic rings. The number of hydrogen-bond acceptors (Lipinski definition) is 3. The maximum absolute atomic E-state index is 12.7. The summed E-state index contributed by atoms with van der Waals surface area (Å²) in [6.45, 7) is 5.04. The van der Waals surface area contributed by atoms with Crippen LogP contribution < -0.4 is 10.6 Å². The molecule has 21 heavy (non-hydrogen) atoms. The van der Waals surface area contributed by atoms with Gasteiger partial charge in [0, 0.05) is 18.6 Å². The van der Waals surface area contributed by atoms with E-state index in [4.69, 9.17) is 0 Å². The molecule has 3 aliphatic heterocycles. The fourth-order valence-electron chi connectivity index (χ4n) is 4.76. The van der Waals surface area contributed by atoms with E-state index < -0.39 is 0 Å². The van der Waals surface area contributed by atoms with Crippen molar-refractivity contribution in [1.82, 2.24) is 15.5 Å². The van der Waals surface area contributed by atoms with Crippen molar-refractivity contribution in [3.8, 4) is 0 Å². The van der Waals surface area contributed by atoms with Crippen LogP contribution in [-0.4, -0.2) is 49.6 Å². The van der Waals surface area contributed by atoms with Gasteiger partial charge in [-0.3, -0.25) is 4.79 Å². The van der Waals surface area contributed by atoms with Crippen LogP contribution >= 0.6 is 0 Å². The lowest BCUT2D eigenvalue weighted by Gasteiger charge is -2.38. The number of carbonyl (C=O) groups is 1. The number of nitrogens with zero attached hydrogens (tertiary/aromatic N) is 1. The number of rotatable bonds is 4. The Morgan fingerprint density at radius 3 is 2.43 bits per heavy atom. The van der Waals surface area contributed by atoms with E-state index in [1.807, 2.05) is 0 Å². The Morgan fingerprint density at radius 2 is 1.86 bits per heavy atom. The zero-order valence-electron chi connectivity index (χ0n) is 13.7. The summed E-state index contributed by atoms with van der Waals surface area (Å²) < 4.78 is 0. The third kappa shape index (κ3) is 2.98. The minimum absolute atomic E-state index is 0.101. The summed E-state index contributed by atoms with van der Waals surface area (Å²) in [6, 6.07) is 1.54. The van der Waals surface area contributed by atoms with Gasteiger partial charge in [-0.25, -0.2) is 0 Å². The average Bonchev–Trinajstić information content (AvgIpc) is 2.75. The summed E-state index contributed by atoms with van der Waals surface area (Å²) in [5.41, 5.74) is -0.101. The molecule has 2 unspecified atom stereocenters. The molecule has 0 aromatic heterocycles. The normalized spacial score (nSPS) is 35.6. The Morgan fingerprint density at radius 1 is 1.24 bits per heavy atom. The van der Waals surface area contributed by atoms with Crippen molar-refractivity contribution < 1.29 is 4.79 Å². The maximum Gasteiger partial charge on any atom is 0.226 e. The first-order valence-corrected chi connectivity index (χ1v) is 8.85. The first-order chi connectivity index (χ1) is 10.1. The average molecular weight is 293 g/mol. The Bertz CT molecular complexity index is 364. The predicted octanol–water partition coefficient (Wildman–Crippen LogP) is 1.76. The zero-order chi connectivity index (χ0) is 14.9. The Kier molecular flexibility index (Phi) is 4.55. The largest absolute Gasteiger partial charge is 0.355 e. The van der Waals surface area contributed by atoms with Crippen molar-refractivity contribution in [2.75, 3.05) is 26.7 Å². The molecule has 2 bridgehead atoms. The van der Waals surface area contributed by atoms with Crippen LogP contribution in [0.3, 0.4) is 0 Å². The molecule has 0 aromatic carbocycles. The summed E-state index contributed by atoms with van der Waals surface area (Å²) in [6.07, 6.45) is 8.22. The second kappa shape index (κ2) is 6.25. The molecule has 0 radical (unpaired) electrons. The van der Waals surface area contributed by atoms with E-state index in [1.54, 1.807) is 0 Å². The molecule has 120 valence electrons. The molecular weight excluding hydrogens is 262 g/mol. The number of piperidine rings is 2. The van der Waals surface area contributed by atoms with Crippen molar-refractivity contribution in [2.45, 2.75) is 64.0 Å². The van der Waals surface area contributed by atoms with Gasteiger partial charge in [0.05, 0.1) is 5.41 Å². The van der Waals surface area contributed by atoms with Gasteiger partial charge in [0.15, 0.2) is 0 Å². The van der Waals surface area contributed by atoms with Gasteiger partial charge < -0.3 is 15.5 Å². The Balaban J connectivity index is 1.52. The van der Waals surface area contributed by atoms with Gasteiger partial charge in [0.2, 0.25) is 5.91 Å². The number of fused-ring (bicyclic) bond motifs is 2. The van der Waals surface area contributed by atoms with Crippen molar-refractivity contribution in [2.24, 2.45) is 11.3 Å². The second-order valence-corrected chi connectivity index (χ2v) is 7.48. The van der Waals surface area contributed by atoms with Crippen LogP contribution in [-0.2, 0) is 4.79 Å². The van der Waals surface area contributed by atoms with Crippen LogP contribution in [0.4, 0.5) is 0 Å². The number of amides is 1. The molecule has 3 rings (SSSR count). The van der Waals surface area contributed by atoms with Crippen LogP contribution in [0.5, 0.6) is 0 Å². The first-order valence-electron chi connectivity index (χ1n) is 8.85. The third-order valence-electron chi connectivity index (χ3n) is 6.47. The fraction of sp³-hybridized carbons (Fsp3) is 0.941. The highest BCUT2D eigenvalue weighted by molar-refractivity contribution is 5.82. The van der Waals surface area contributed by atoms with Crippen LogP contribution in [0.25, 0.3) is 0 Å². The highest BCUT2D eigenvalue weighted by atomic mass is 16.2. The van der Waals surface area contributed by atoms with Gasteiger partial charge in [-0.05, 0) is 71.0 Å². The summed E-state index contributed by atoms with van der Waals surface area (Å²) in [5.74, 6) is 1.01. The monoisotopic (exact) mass is 293 g/mol. The van der Waals surface area contributed by atoms with E-state index in [1.165, 1.54) is 25.7 Å². The highest BCUT2D eigenvalue weighted by Gasteiger charge is 2.40. The molecule has 0 saturated carbocycles. The van der Waals surface area contributed by atoms with Crippen LogP contribution in [0.15, 0.2) is 0 Å². The molecule has 0 aliphatic carbocycles. The molecule has 1 amide bonds. The number of carbonyl (C=O) groups excluding carboxylic acids is 1. The first kappa shape index (κ1) is 15.3. The molecule has 3 fully saturated rings. The SMILES string of the molecule is CCC1(C(=O)NCC2CC3CCC(C2)N3C)CCNCC1. The molecule has 4 heteroatoms. The van der Waals surface area contributed by atoms with Gasteiger partial charge in [0.25, 0.3) is 0 Å². The van der Waals surface area contributed by atoms with E-state index in [9.17, 15) is 4.79 Å². The van der Waals surface area contributed by atoms with Gasteiger partial charge in [-0.1, -0.05) is 6.92 Å². The van der Waals surface area contributed by atoms with E-state index in [-0.39, 0.29) is 5.41 Å². The minimum Gasteiger partial charge on any atom is -0.355 e. The van der Waals surface area contributed by atoms with Crippen molar-refractivity contribution in [3.63, 3.8) is 0 Å². The summed E-state index contributed by atoms with van der Waals surface area (Å²) in [7, 11) is 2.28. The molecular formula is C17H31N3O. The number of nitrogens with one attached hydrogen (secondary N) is 2. The van der Waals surface area contributed by atoms with Gasteiger partial charge in [-0.2, -0.15) is 0 Å². The van der Waals surface area contributed by atoms with E-state index in [2.05, 4.69) is 29.5 Å². The predicted molar refractivity (Wildman–Crippen MR) is 85.1 cm³/mol. The van der Waals surface area contributed by atoms with Gasteiger partial charge in [-0.15, -0.1) is 0 Å². The molecule has 4 nitrogen and oxygen atoms in total. The number of hydrogen-bond donors (Lipinski definition) is 2. The minimum atomic E-state index is -0.101. The lowest BCUT2D eigenvalue weighted by Crippen LogP contribution is -2.49. The lowest BCUT2D eigenvalue weighted by atomic mass is 9.75. The lowest BCUT2D eigenvalue weighted by molar-refractivity contribution is -0.133. The smallest absolute Gasteiger partial charge is 0.226 e. The van der Waals surface area contributed by atoms with E-state index in [0.29, 0.717) is 11.8 Å². The molecule has 2 N–H and O–H groups in total. The van der Waals surface area contributed by atoms with Crippen molar-refractivity contribution in [3.05, 3.63) is 0 Å². The molecule has 3 aliphatic rings. The maximum atomic E-state index is 12.7. The summed E-state index contributed by atoms with van der Waals surface area (Å²) in [5, 5.41) is 6.69. The second-order valence-electron chi connectivity index (χ2n) is 7.48. The zero-order valence-corrected chi connectivity index (χ0v) is 13.7. The molecule has 2 atom stereocenters. The van der Waals surface area contributed by atoms with Crippen LogP contribution in [0.1, 0.15) is 51.9 Å². The van der Waals surface area contributed by atoms with E-state index >= 15 is 0 Å². The third-order valence-corrected chi connectivity index (χ3v) is 6.47.